The average molecular weight is 439 g/mol. The van der Waals surface area contributed by atoms with Crippen LogP contribution < -0.4 is 0 Å². The van der Waals surface area contributed by atoms with E-state index in [0.717, 1.165) is 64.4 Å². The first-order valence-corrected chi connectivity index (χ1v) is 12.8. The van der Waals surface area contributed by atoms with Crippen molar-refractivity contribution in [2.75, 3.05) is 6.61 Å². The number of ether oxygens (including phenoxy) is 3. The molecule has 0 aromatic heterocycles. The minimum absolute atomic E-state index is 0.256. The summed E-state index contributed by atoms with van der Waals surface area (Å²) in [7, 11) is 0. The lowest BCUT2D eigenvalue weighted by Gasteiger charge is -2.45. The van der Waals surface area contributed by atoms with E-state index in [0.29, 0.717) is 30.1 Å². The van der Waals surface area contributed by atoms with Gasteiger partial charge in [0.15, 0.2) is 6.29 Å². The van der Waals surface area contributed by atoms with E-state index in [4.69, 9.17) is 14.2 Å². The molecule has 4 heteroatoms. The van der Waals surface area contributed by atoms with E-state index in [1.54, 1.807) is 0 Å². The second-order valence-corrected chi connectivity index (χ2v) is 11.3. The van der Waals surface area contributed by atoms with Crippen LogP contribution in [0.25, 0.3) is 0 Å². The Morgan fingerprint density at radius 3 is 2.28 bits per heavy atom. The lowest BCUT2D eigenvalue weighted by atomic mass is 9.72. The predicted molar refractivity (Wildman–Crippen MR) is 124 cm³/mol. The Morgan fingerprint density at radius 2 is 1.56 bits per heavy atom. The molecule has 4 aliphatic carbocycles. The third-order valence-electron chi connectivity index (χ3n) is 10.0. The van der Waals surface area contributed by atoms with Gasteiger partial charge in [0.2, 0.25) is 0 Å². The van der Waals surface area contributed by atoms with Crippen LogP contribution in [0.2, 0.25) is 0 Å². The van der Waals surface area contributed by atoms with Crippen LogP contribution in [0.4, 0.5) is 0 Å². The van der Waals surface area contributed by atoms with Gasteiger partial charge in [-0.15, -0.1) is 13.2 Å². The van der Waals surface area contributed by atoms with Gasteiger partial charge in [0.1, 0.15) is 16.8 Å². The van der Waals surface area contributed by atoms with E-state index in [2.05, 4.69) is 43.5 Å². The molecule has 32 heavy (non-hydrogen) atoms. The normalized spacial score (nSPS) is 53.0. The van der Waals surface area contributed by atoms with Gasteiger partial charge >= 0.3 is 0 Å². The third kappa shape index (κ3) is 2.64. The number of aliphatic hydroxyl groups is 1. The molecule has 4 fully saturated rings. The largest absolute Gasteiger partial charge is 0.387 e. The Balaban J connectivity index is 1.30. The molecule has 0 unspecified atom stereocenters. The maximum Gasteiger partial charge on any atom is 0.162 e. The van der Waals surface area contributed by atoms with Gasteiger partial charge in [-0.25, -0.2) is 0 Å². The minimum Gasteiger partial charge on any atom is -0.387 e. The Hall–Kier alpha value is -1.20. The maximum absolute atomic E-state index is 11.9. The molecule has 4 nitrogen and oxygen atoms in total. The second kappa shape index (κ2) is 7.40. The van der Waals surface area contributed by atoms with Gasteiger partial charge in [-0.3, -0.25) is 0 Å². The zero-order valence-electron chi connectivity index (χ0n) is 19.2. The fraction of sp³-hybridized carbons (Fsp3) is 0.714. The standard InChI is InChI=1S/C28H38O4/c1-3-9-20-17-25(29)19-24(32-27(25)13-7-5-11-22(20)27)31-26-15-16-30-28(26)14-8-6-12-23(28)21(18-26)10-4-2/h3-8,20-24,29H,1-2,9-19H2/t20-,21-,22-,23+,24+,25+,26+,27-,28-/m1/s1. The molecule has 174 valence electrons. The van der Waals surface area contributed by atoms with Gasteiger partial charge in [0.25, 0.3) is 0 Å². The molecule has 2 saturated heterocycles. The van der Waals surface area contributed by atoms with Gasteiger partial charge in [0, 0.05) is 12.8 Å². The monoisotopic (exact) mass is 438 g/mol. The summed E-state index contributed by atoms with van der Waals surface area (Å²) in [4.78, 5) is 0. The van der Waals surface area contributed by atoms with Gasteiger partial charge in [-0.05, 0) is 75.0 Å². The van der Waals surface area contributed by atoms with Crippen LogP contribution in [-0.2, 0) is 14.2 Å². The Kier molecular flexibility index (Phi) is 4.93. The fourth-order valence-electron chi connectivity index (χ4n) is 8.89. The van der Waals surface area contributed by atoms with Crippen LogP contribution in [0.15, 0.2) is 49.6 Å². The molecule has 0 aromatic rings. The Labute approximate surface area is 192 Å². The zero-order chi connectivity index (χ0) is 22.0. The van der Waals surface area contributed by atoms with Gasteiger partial charge in [-0.2, -0.15) is 0 Å². The summed E-state index contributed by atoms with van der Waals surface area (Å²) in [5, 5.41) is 11.9. The maximum atomic E-state index is 11.9. The van der Waals surface area contributed by atoms with Crippen molar-refractivity contribution in [2.24, 2.45) is 23.7 Å². The highest BCUT2D eigenvalue weighted by atomic mass is 16.7. The zero-order valence-corrected chi connectivity index (χ0v) is 19.2. The molecule has 2 heterocycles. The first kappa shape index (κ1) is 21.3. The van der Waals surface area contributed by atoms with E-state index in [9.17, 15) is 5.11 Å². The van der Waals surface area contributed by atoms with Crippen molar-refractivity contribution < 1.29 is 19.3 Å². The topological polar surface area (TPSA) is 47.9 Å². The molecule has 2 aliphatic heterocycles. The van der Waals surface area contributed by atoms with Gasteiger partial charge < -0.3 is 19.3 Å². The number of rotatable bonds is 6. The lowest BCUT2D eigenvalue weighted by Crippen LogP contribution is -2.54. The highest BCUT2D eigenvalue weighted by Crippen LogP contribution is 2.65. The van der Waals surface area contributed by atoms with Crippen molar-refractivity contribution in [1.29, 1.82) is 0 Å². The predicted octanol–water partition coefficient (Wildman–Crippen LogP) is 5.24. The van der Waals surface area contributed by atoms with E-state index >= 15 is 0 Å². The molecule has 0 radical (unpaired) electrons. The van der Waals surface area contributed by atoms with E-state index < -0.39 is 11.2 Å². The SMILES string of the molecule is C=CC[C@@H]1C[C@]2(O)C[C@@H](O[C@]34CCO[C@@]35CC=CC[C@H]5[C@H](CC=C)C4)O[C@@]23CC=CC[C@H]13. The van der Waals surface area contributed by atoms with Crippen LogP contribution in [0.3, 0.4) is 0 Å². The lowest BCUT2D eigenvalue weighted by molar-refractivity contribution is -0.263. The van der Waals surface area contributed by atoms with Crippen LogP contribution in [0.1, 0.15) is 64.2 Å². The summed E-state index contributed by atoms with van der Waals surface area (Å²) < 4.78 is 20.5. The van der Waals surface area contributed by atoms with Crippen molar-refractivity contribution in [3.05, 3.63) is 49.6 Å². The third-order valence-corrected chi connectivity index (χ3v) is 10.0. The first-order chi connectivity index (χ1) is 15.5. The average Bonchev–Trinajstić information content (AvgIpc) is 3.38. The van der Waals surface area contributed by atoms with Crippen LogP contribution in [0, 0.1) is 23.7 Å². The quantitative estimate of drug-likeness (QED) is 0.576. The Morgan fingerprint density at radius 1 is 0.906 bits per heavy atom. The molecule has 6 rings (SSSR count). The molecule has 6 aliphatic rings. The van der Waals surface area contributed by atoms with Gasteiger partial charge in [0.05, 0.1) is 12.2 Å². The van der Waals surface area contributed by atoms with Crippen LogP contribution in [-0.4, -0.2) is 40.4 Å². The van der Waals surface area contributed by atoms with Crippen LogP contribution in [0.5, 0.6) is 0 Å². The number of hydrogen-bond acceptors (Lipinski definition) is 4. The van der Waals surface area contributed by atoms with Gasteiger partial charge in [-0.1, -0.05) is 36.5 Å². The fourth-order valence-corrected chi connectivity index (χ4v) is 8.89. The number of hydrogen-bond donors (Lipinski definition) is 1. The summed E-state index contributed by atoms with van der Waals surface area (Å²) in [6.45, 7) is 8.74. The molecule has 1 N–H and O–H groups in total. The highest BCUT2D eigenvalue weighted by molar-refractivity contribution is 5.25. The summed E-state index contributed by atoms with van der Waals surface area (Å²) in [6.07, 6.45) is 21.7. The summed E-state index contributed by atoms with van der Waals surface area (Å²) >= 11 is 0. The smallest absolute Gasteiger partial charge is 0.162 e. The summed E-state index contributed by atoms with van der Waals surface area (Å²) in [5.41, 5.74) is -1.93. The van der Waals surface area contributed by atoms with Crippen LogP contribution >= 0.6 is 0 Å². The minimum atomic E-state index is -0.824. The molecule has 0 amide bonds. The highest BCUT2D eigenvalue weighted by Gasteiger charge is 2.72. The van der Waals surface area contributed by atoms with Crippen molar-refractivity contribution >= 4 is 0 Å². The molecule has 9 atom stereocenters. The van der Waals surface area contributed by atoms with Crippen molar-refractivity contribution in [3.8, 4) is 0 Å². The molecular weight excluding hydrogens is 400 g/mol. The summed E-state index contributed by atoms with van der Waals surface area (Å²) in [6, 6.07) is 0. The Bertz CT molecular complexity index is 848. The molecule has 2 spiro atoms. The molecule has 0 bridgehead atoms. The molecule has 0 aromatic carbocycles. The number of allylic oxidation sites excluding steroid dienone is 4. The second-order valence-electron chi connectivity index (χ2n) is 11.3. The van der Waals surface area contributed by atoms with Crippen molar-refractivity contribution in [3.63, 3.8) is 0 Å². The van der Waals surface area contributed by atoms with E-state index in [1.807, 2.05) is 6.08 Å². The molecular formula is C28H38O4. The van der Waals surface area contributed by atoms with Crippen molar-refractivity contribution in [2.45, 2.75) is 92.9 Å². The van der Waals surface area contributed by atoms with E-state index in [1.165, 1.54) is 0 Å². The van der Waals surface area contributed by atoms with E-state index in [-0.39, 0.29) is 17.5 Å². The molecule has 2 saturated carbocycles. The first-order valence-electron chi connectivity index (χ1n) is 12.8. The summed E-state index contributed by atoms with van der Waals surface area (Å²) in [5.74, 6) is 1.76. The van der Waals surface area contributed by atoms with Crippen molar-refractivity contribution in [1.82, 2.24) is 0 Å².